The van der Waals surface area contributed by atoms with E-state index < -0.39 is 0 Å². The number of nitrogens with zero attached hydrogens (tertiary/aromatic N) is 4. The number of imidazole rings is 1. The fourth-order valence-electron chi connectivity index (χ4n) is 3.63. The highest BCUT2D eigenvalue weighted by atomic mass is 35.5. The van der Waals surface area contributed by atoms with Gasteiger partial charge in [-0.25, -0.2) is 4.98 Å². The van der Waals surface area contributed by atoms with Crippen LogP contribution in [0, 0.1) is 12.8 Å². The summed E-state index contributed by atoms with van der Waals surface area (Å²) in [4.78, 5) is 4.83. The van der Waals surface area contributed by atoms with Gasteiger partial charge in [0.15, 0.2) is 5.65 Å². The smallest absolute Gasteiger partial charge is 0.158 e. The Balaban J connectivity index is 2.17. The van der Waals surface area contributed by atoms with E-state index in [1.54, 1.807) is 0 Å². The van der Waals surface area contributed by atoms with E-state index in [0.717, 1.165) is 23.5 Å². The molecule has 2 aromatic heterocycles. The van der Waals surface area contributed by atoms with Gasteiger partial charge in [0, 0.05) is 25.4 Å². The number of alkyl halides is 1. The minimum absolute atomic E-state index is 0.543. The van der Waals surface area contributed by atoms with Crippen molar-refractivity contribution in [3.8, 4) is 0 Å². The number of fused-ring (bicyclic) bond motifs is 1. The van der Waals surface area contributed by atoms with Gasteiger partial charge in [0.2, 0.25) is 0 Å². The van der Waals surface area contributed by atoms with Gasteiger partial charge in [0.25, 0.3) is 0 Å². The van der Waals surface area contributed by atoms with Crippen LogP contribution in [0.4, 0.5) is 0 Å². The molecule has 2 aromatic rings. The molecule has 2 unspecified atom stereocenters. The Bertz CT molecular complexity index is 613. The Morgan fingerprint density at radius 2 is 2.05 bits per heavy atom. The second kappa shape index (κ2) is 5.40. The van der Waals surface area contributed by atoms with Gasteiger partial charge in [-0.05, 0) is 25.7 Å². The van der Waals surface area contributed by atoms with Gasteiger partial charge in [0.1, 0.15) is 11.3 Å². The minimum atomic E-state index is 0.543. The molecule has 1 aliphatic rings. The molecule has 0 radical (unpaired) electrons. The van der Waals surface area contributed by atoms with Crippen LogP contribution in [0.15, 0.2) is 0 Å². The predicted octanol–water partition coefficient (Wildman–Crippen LogP) is 3.61. The normalized spacial score (nSPS) is 23.6. The van der Waals surface area contributed by atoms with Gasteiger partial charge in [-0.1, -0.05) is 19.8 Å². The van der Waals surface area contributed by atoms with Crippen molar-refractivity contribution in [1.82, 2.24) is 19.3 Å². The topological polar surface area (TPSA) is 35.6 Å². The van der Waals surface area contributed by atoms with Crippen LogP contribution in [0.1, 0.15) is 50.2 Å². The van der Waals surface area contributed by atoms with E-state index in [-0.39, 0.29) is 0 Å². The SMILES string of the molecule is Cc1nn(C)c2c1nc(CCCl)n2C1CCCCC1C. The number of aromatic nitrogens is 4. The van der Waals surface area contributed by atoms with Crippen LogP contribution in [-0.4, -0.2) is 25.2 Å². The third-order valence-corrected chi connectivity index (χ3v) is 4.81. The molecular formula is C15H23ClN4. The highest BCUT2D eigenvalue weighted by molar-refractivity contribution is 6.17. The van der Waals surface area contributed by atoms with Crippen LogP contribution >= 0.6 is 11.6 Å². The molecule has 2 atom stereocenters. The summed E-state index contributed by atoms with van der Waals surface area (Å²) in [6.07, 6.45) is 6.04. The lowest BCUT2D eigenvalue weighted by atomic mass is 9.85. The van der Waals surface area contributed by atoms with Gasteiger partial charge >= 0.3 is 0 Å². The molecule has 0 saturated heterocycles. The molecule has 0 bridgehead atoms. The maximum atomic E-state index is 5.98. The largest absolute Gasteiger partial charge is 0.309 e. The summed E-state index contributed by atoms with van der Waals surface area (Å²) in [6.45, 7) is 4.40. The number of rotatable bonds is 3. The number of halogens is 1. The Kier molecular flexibility index (Phi) is 3.76. The number of hydrogen-bond acceptors (Lipinski definition) is 2. The minimum Gasteiger partial charge on any atom is -0.309 e. The third-order valence-electron chi connectivity index (χ3n) is 4.62. The van der Waals surface area contributed by atoms with Crippen molar-refractivity contribution in [2.24, 2.45) is 13.0 Å². The zero-order chi connectivity index (χ0) is 14.3. The van der Waals surface area contributed by atoms with Gasteiger partial charge in [-0.3, -0.25) is 4.68 Å². The first kappa shape index (κ1) is 13.9. The Morgan fingerprint density at radius 1 is 1.30 bits per heavy atom. The molecule has 110 valence electrons. The molecule has 0 amide bonds. The van der Waals surface area contributed by atoms with Crippen LogP contribution in [0.5, 0.6) is 0 Å². The van der Waals surface area contributed by atoms with Crippen molar-refractivity contribution in [1.29, 1.82) is 0 Å². The van der Waals surface area contributed by atoms with E-state index in [0.29, 0.717) is 17.8 Å². The second-order valence-electron chi connectivity index (χ2n) is 6.05. The fourth-order valence-corrected chi connectivity index (χ4v) is 3.80. The summed E-state index contributed by atoms with van der Waals surface area (Å²) >= 11 is 5.98. The first-order valence-electron chi connectivity index (χ1n) is 7.60. The molecule has 5 heteroatoms. The van der Waals surface area contributed by atoms with Crippen molar-refractivity contribution in [3.05, 3.63) is 11.5 Å². The molecule has 2 heterocycles. The summed E-state index contributed by atoms with van der Waals surface area (Å²) in [5.41, 5.74) is 3.23. The molecule has 1 saturated carbocycles. The maximum Gasteiger partial charge on any atom is 0.158 e. The van der Waals surface area contributed by atoms with Crippen LogP contribution in [0.3, 0.4) is 0 Å². The average molecular weight is 295 g/mol. The Morgan fingerprint density at radius 3 is 2.75 bits per heavy atom. The van der Waals surface area contributed by atoms with Crippen molar-refractivity contribution in [3.63, 3.8) is 0 Å². The van der Waals surface area contributed by atoms with Crippen molar-refractivity contribution < 1.29 is 0 Å². The Labute approximate surface area is 125 Å². The third kappa shape index (κ3) is 2.14. The lowest BCUT2D eigenvalue weighted by molar-refractivity contribution is 0.255. The number of aryl methyl sites for hydroxylation is 3. The van der Waals surface area contributed by atoms with E-state index in [4.69, 9.17) is 16.6 Å². The predicted molar refractivity (Wildman–Crippen MR) is 82.3 cm³/mol. The van der Waals surface area contributed by atoms with Gasteiger partial charge in [-0.15, -0.1) is 11.6 Å². The van der Waals surface area contributed by atoms with Crippen LogP contribution in [0.2, 0.25) is 0 Å². The zero-order valence-corrected chi connectivity index (χ0v) is 13.3. The molecule has 0 aliphatic heterocycles. The van der Waals surface area contributed by atoms with E-state index >= 15 is 0 Å². The van der Waals surface area contributed by atoms with Gasteiger partial charge < -0.3 is 4.57 Å². The molecule has 1 aliphatic carbocycles. The molecule has 20 heavy (non-hydrogen) atoms. The quantitative estimate of drug-likeness (QED) is 0.811. The van der Waals surface area contributed by atoms with Crippen molar-refractivity contribution in [2.45, 2.75) is 52.0 Å². The van der Waals surface area contributed by atoms with Crippen LogP contribution < -0.4 is 0 Å². The highest BCUT2D eigenvalue weighted by Gasteiger charge is 2.28. The van der Waals surface area contributed by atoms with Crippen molar-refractivity contribution >= 4 is 22.8 Å². The zero-order valence-electron chi connectivity index (χ0n) is 12.6. The molecular weight excluding hydrogens is 272 g/mol. The molecule has 0 spiro atoms. The molecule has 3 rings (SSSR count). The second-order valence-corrected chi connectivity index (χ2v) is 6.43. The standard InChI is InChI=1S/C15H23ClN4/c1-10-6-4-5-7-12(10)20-13(8-9-16)17-14-11(2)18-19(3)15(14)20/h10,12H,4-9H2,1-3H3. The highest BCUT2D eigenvalue weighted by Crippen LogP contribution is 2.37. The first-order chi connectivity index (χ1) is 9.63. The summed E-state index contributed by atoms with van der Waals surface area (Å²) in [7, 11) is 2.02. The lowest BCUT2D eigenvalue weighted by Gasteiger charge is -2.31. The van der Waals surface area contributed by atoms with E-state index in [2.05, 4.69) is 16.6 Å². The molecule has 1 fully saturated rings. The van der Waals surface area contributed by atoms with Gasteiger partial charge in [-0.2, -0.15) is 5.10 Å². The lowest BCUT2D eigenvalue weighted by Crippen LogP contribution is -2.24. The van der Waals surface area contributed by atoms with Gasteiger partial charge in [0.05, 0.1) is 5.69 Å². The summed E-state index contributed by atoms with van der Waals surface area (Å²) < 4.78 is 4.41. The monoisotopic (exact) mass is 294 g/mol. The van der Waals surface area contributed by atoms with Crippen LogP contribution in [-0.2, 0) is 13.5 Å². The molecule has 0 N–H and O–H groups in total. The maximum absolute atomic E-state index is 5.98. The fraction of sp³-hybridized carbons (Fsp3) is 0.733. The molecule has 4 nitrogen and oxygen atoms in total. The van der Waals surface area contributed by atoms with E-state index in [1.807, 2.05) is 18.7 Å². The van der Waals surface area contributed by atoms with E-state index in [1.165, 1.54) is 31.3 Å². The summed E-state index contributed by atoms with van der Waals surface area (Å²) in [5.74, 6) is 2.45. The molecule has 0 aromatic carbocycles. The summed E-state index contributed by atoms with van der Waals surface area (Å²) in [6, 6.07) is 0.543. The first-order valence-corrected chi connectivity index (χ1v) is 8.13. The Hall–Kier alpha value is -1.03. The summed E-state index contributed by atoms with van der Waals surface area (Å²) in [5, 5.41) is 4.53. The van der Waals surface area contributed by atoms with E-state index in [9.17, 15) is 0 Å². The average Bonchev–Trinajstić information content (AvgIpc) is 2.90. The van der Waals surface area contributed by atoms with Crippen molar-refractivity contribution in [2.75, 3.05) is 5.88 Å². The van der Waals surface area contributed by atoms with Crippen LogP contribution in [0.25, 0.3) is 11.2 Å². The number of hydrogen-bond donors (Lipinski definition) is 0.